The number of hydrogen-bond donors (Lipinski definition) is 1. The van der Waals surface area contributed by atoms with E-state index in [9.17, 15) is 0 Å². The number of rotatable bonds is 9. The summed E-state index contributed by atoms with van der Waals surface area (Å²) < 4.78 is 10.6. The van der Waals surface area contributed by atoms with Gasteiger partial charge < -0.3 is 15.2 Å². The quantitative estimate of drug-likeness (QED) is 0.638. The molecule has 0 aliphatic heterocycles. The van der Waals surface area contributed by atoms with E-state index in [1.807, 2.05) is 11.8 Å². The third-order valence-corrected chi connectivity index (χ3v) is 4.31. The molecule has 0 aromatic rings. The van der Waals surface area contributed by atoms with Crippen LogP contribution in [0, 0.1) is 0 Å². The fraction of sp³-hybridized carbons (Fsp3) is 1.00. The Labute approximate surface area is 110 Å². The SMILES string of the molecule is COC(CC(C)(CN)N(C)C(C)CSC)OC. The van der Waals surface area contributed by atoms with Crippen molar-refractivity contribution in [1.29, 1.82) is 0 Å². The van der Waals surface area contributed by atoms with E-state index in [-0.39, 0.29) is 11.8 Å². The van der Waals surface area contributed by atoms with Crippen LogP contribution in [0.15, 0.2) is 0 Å². The molecule has 0 heterocycles. The minimum Gasteiger partial charge on any atom is -0.356 e. The Kier molecular flexibility index (Phi) is 8.41. The Morgan fingerprint density at radius 3 is 2.24 bits per heavy atom. The highest BCUT2D eigenvalue weighted by Crippen LogP contribution is 2.23. The molecule has 0 aliphatic rings. The largest absolute Gasteiger partial charge is 0.356 e. The van der Waals surface area contributed by atoms with Gasteiger partial charge in [0.25, 0.3) is 0 Å². The first-order chi connectivity index (χ1) is 7.95. The Hall–Kier alpha value is 0.190. The summed E-state index contributed by atoms with van der Waals surface area (Å²) in [5.41, 5.74) is 5.83. The highest BCUT2D eigenvalue weighted by molar-refractivity contribution is 7.98. The Balaban J connectivity index is 4.63. The van der Waals surface area contributed by atoms with Crippen LogP contribution in [0.1, 0.15) is 20.3 Å². The maximum absolute atomic E-state index is 5.94. The number of methoxy groups -OCH3 is 2. The van der Waals surface area contributed by atoms with E-state index < -0.39 is 0 Å². The van der Waals surface area contributed by atoms with Gasteiger partial charge in [-0.2, -0.15) is 11.8 Å². The van der Waals surface area contributed by atoms with Gasteiger partial charge in [0.05, 0.1) is 0 Å². The first-order valence-corrected chi connectivity index (χ1v) is 7.32. The first-order valence-electron chi connectivity index (χ1n) is 5.92. The van der Waals surface area contributed by atoms with Crippen molar-refractivity contribution in [2.24, 2.45) is 5.73 Å². The lowest BCUT2D eigenvalue weighted by Gasteiger charge is -2.43. The maximum atomic E-state index is 5.94. The van der Waals surface area contributed by atoms with Crippen LogP contribution >= 0.6 is 11.8 Å². The van der Waals surface area contributed by atoms with Crippen molar-refractivity contribution in [3.05, 3.63) is 0 Å². The van der Waals surface area contributed by atoms with Gasteiger partial charge in [-0.3, -0.25) is 4.90 Å². The van der Waals surface area contributed by atoms with Crippen molar-refractivity contribution in [3.63, 3.8) is 0 Å². The molecule has 0 fully saturated rings. The smallest absolute Gasteiger partial charge is 0.158 e. The highest BCUT2D eigenvalue weighted by atomic mass is 32.2. The van der Waals surface area contributed by atoms with E-state index in [1.54, 1.807) is 14.2 Å². The molecule has 0 aromatic carbocycles. The summed E-state index contributed by atoms with van der Waals surface area (Å²) in [5.74, 6) is 1.09. The van der Waals surface area contributed by atoms with Gasteiger partial charge in [-0.05, 0) is 27.2 Å². The standard InChI is InChI=1S/C12H28N2O2S/c1-10(8-17-6)14(3)12(2,9-13)7-11(15-4)16-5/h10-11H,7-9,13H2,1-6H3. The fourth-order valence-corrected chi connectivity index (χ4v) is 2.58. The predicted molar refractivity (Wildman–Crippen MR) is 75.5 cm³/mol. The molecular weight excluding hydrogens is 236 g/mol. The van der Waals surface area contributed by atoms with Crippen LogP contribution in [-0.4, -0.2) is 62.6 Å². The van der Waals surface area contributed by atoms with Crippen LogP contribution < -0.4 is 5.73 Å². The number of ether oxygens (including phenoxy) is 2. The topological polar surface area (TPSA) is 47.7 Å². The van der Waals surface area contributed by atoms with Gasteiger partial charge in [0.2, 0.25) is 0 Å². The van der Waals surface area contributed by atoms with Crippen molar-refractivity contribution >= 4 is 11.8 Å². The second-order valence-electron chi connectivity index (χ2n) is 4.72. The summed E-state index contributed by atoms with van der Waals surface area (Å²) in [6.45, 7) is 4.97. The van der Waals surface area contributed by atoms with Crippen LogP contribution in [0.5, 0.6) is 0 Å². The molecule has 2 unspecified atom stereocenters. The summed E-state index contributed by atoms with van der Waals surface area (Å²) in [6, 6.07) is 0.480. The number of nitrogens with two attached hydrogens (primary N) is 1. The molecular formula is C12H28N2O2S. The van der Waals surface area contributed by atoms with Gasteiger partial charge in [-0.25, -0.2) is 0 Å². The summed E-state index contributed by atoms with van der Waals surface area (Å²) in [7, 11) is 5.45. The van der Waals surface area contributed by atoms with Crippen molar-refractivity contribution < 1.29 is 9.47 Å². The van der Waals surface area contributed by atoms with E-state index in [0.29, 0.717) is 12.6 Å². The molecule has 104 valence electrons. The van der Waals surface area contributed by atoms with Crippen LogP contribution in [0.3, 0.4) is 0 Å². The number of thioether (sulfide) groups is 1. The van der Waals surface area contributed by atoms with Crippen molar-refractivity contribution in [2.45, 2.75) is 38.1 Å². The molecule has 2 N–H and O–H groups in total. The van der Waals surface area contributed by atoms with E-state index in [2.05, 4.69) is 32.1 Å². The average Bonchev–Trinajstić information content (AvgIpc) is 2.34. The molecule has 0 radical (unpaired) electrons. The normalized spacial score (nSPS) is 17.5. The second-order valence-corrected chi connectivity index (χ2v) is 5.63. The zero-order valence-corrected chi connectivity index (χ0v) is 12.8. The molecule has 2 atom stereocenters. The lowest BCUT2D eigenvalue weighted by molar-refractivity contribution is -0.128. The first kappa shape index (κ1) is 17.2. The van der Waals surface area contributed by atoms with E-state index in [1.165, 1.54) is 0 Å². The van der Waals surface area contributed by atoms with E-state index in [0.717, 1.165) is 12.2 Å². The lowest BCUT2D eigenvalue weighted by atomic mass is 9.94. The molecule has 5 heteroatoms. The summed E-state index contributed by atoms with van der Waals surface area (Å²) in [4.78, 5) is 2.33. The van der Waals surface area contributed by atoms with E-state index >= 15 is 0 Å². The third-order valence-electron chi connectivity index (χ3n) is 3.49. The maximum Gasteiger partial charge on any atom is 0.158 e. The van der Waals surface area contributed by atoms with Gasteiger partial charge in [0.15, 0.2) is 6.29 Å². The molecule has 0 aromatic heterocycles. The Morgan fingerprint density at radius 2 is 1.88 bits per heavy atom. The molecule has 17 heavy (non-hydrogen) atoms. The van der Waals surface area contributed by atoms with Gasteiger partial charge in [0.1, 0.15) is 0 Å². The lowest BCUT2D eigenvalue weighted by Crippen LogP contribution is -2.55. The van der Waals surface area contributed by atoms with Gasteiger partial charge in [-0.15, -0.1) is 0 Å². The zero-order chi connectivity index (χ0) is 13.5. The molecule has 0 bridgehead atoms. The Morgan fingerprint density at radius 1 is 1.35 bits per heavy atom. The molecule has 0 rings (SSSR count). The fourth-order valence-electron chi connectivity index (χ4n) is 1.88. The van der Waals surface area contributed by atoms with Crippen molar-refractivity contribution in [2.75, 3.05) is 39.8 Å². The number of nitrogens with zero attached hydrogens (tertiary/aromatic N) is 1. The van der Waals surface area contributed by atoms with Crippen LogP contribution in [0.4, 0.5) is 0 Å². The zero-order valence-electron chi connectivity index (χ0n) is 12.0. The van der Waals surface area contributed by atoms with Crippen molar-refractivity contribution in [3.8, 4) is 0 Å². The number of likely N-dealkylation sites (N-methyl/N-ethyl adjacent to an activating group) is 1. The number of hydrogen-bond acceptors (Lipinski definition) is 5. The molecule has 0 aliphatic carbocycles. The van der Waals surface area contributed by atoms with Gasteiger partial charge in [0, 0.05) is 44.5 Å². The summed E-state index contributed by atoms with van der Waals surface area (Å²) in [5, 5.41) is 0. The Bertz CT molecular complexity index is 203. The van der Waals surface area contributed by atoms with Gasteiger partial charge in [-0.1, -0.05) is 0 Å². The van der Waals surface area contributed by atoms with Crippen LogP contribution in [0.25, 0.3) is 0 Å². The molecule has 0 saturated carbocycles. The summed E-state index contributed by atoms with van der Waals surface area (Å²) >= 11 is 1.85. The van der Waals surface area contributed by atoms with Crippen LogP contribution in [0.2, 0.25) is 0 Å². The highest BCUT2D eigenvalue weighted by Gasteiger charge is 2.33. The monoisotopic (exact) mass is 264 g/mol. The molecule has 0 spiro atoms. The van der Waals surface area contributed by atoms with Crippen LogP contribution in [-0.2, 0) is 9.47 Å². The summed E-state index contributed by atoms with van der Waals surface area (Å²) in [6.07, 6.45) is 2.69. The molecule has 4 nitrogen and oxygen atoms in total. The van der Waals surface area contributed by atoms with E-state index in [4.69, 9.17) is 15.2 Å². The predicted octanol–water partition coefficient (Wildman–Crippen LogP) is 1.40. The third kappa shape index (κ3) is 5.14. The minimum absolute atomic E-state index is 0.105. The molecule has 0 amide bonds. The minimum atomic E-state index is -0.201. The average molecular weight is 264 g/mol. The second kappa shape index (κ2) is 8.32. The van der Waals surface area contributed by atoms with Crippen molar-refractivity contribution in [1.82, 2.24) is 4.90 Å². The molecule has 0 saturated heterocycles. The van der Waals surface area contributed by atoms with Gasteiger partial charge >= 0.3 is 0 Å².